The Labute approximate surface area is 94.0 Å². The molecule has 0 aromatic heterocycles. The Kier molecular flexibility index (Phi) is 5.30. The number of rotatable bonds is 6. The summed E-state index contributed by atoms with van der Waals surface area (Å²) in [5, 5.41) is 0. The Bertz CT molecular complexity index is 193. The summed E-state index contributed by atoms with van der Waals surface area (Å²) in [6, 6.07) is 0.579. The zero-order valence-corrected chi connectivity index (χ0v) is 10.5. The molecule has 2 nitrogen and oxygen atoms in total. The standard InChI is InChI=1S/C13H25NO/c1-4-12(5-2)14(3)10-13(15)11-8-6-7-9-11/h11-12H,4-10H2,1-3H3. The maximum Gasteiger partial charge on any atom is 0.149 e. The van der Waals surface area contributed by atoms with Crippen molar-refractivity contribution in [1.29, 1.82) is 0 Å². The van der Waals surface area contributed by atoms with Gasteiger partial charge in [-0.15, -0.1) is 0 Å². The zero-order chi connectivity index (χ0) is 11.3. The Hall–Kier alpha value is -0.370. The second kappa shape index (κ2) is 6.26. The maximum absolute atomic E-state index is 12.0. The second-order valence-corrected chi connectivity index (χ2v) is 4.83. The molecule has 1 aliphatic carbocycles. The smallest absolute Gasteiger partial charge is 0.149 e. The molecule has 1 rings (SSSR count). The molecule has 2 heteroatoms. The average molecular weight is 211 g/mol. The van der Waals surface area contributed by atoms with E-state index in [1.807, 2.05) is 0 Å². The van der Waals surface area contributed by atoms with Gasteiger partial charge in [-0.05, 0) is 32.7 Å². The first-order valence-corrected chi connectivity index (χ1v) is 6.42. The van der Waals surface area contributed by atoms with Crippen molar-refractivity contribution in [2.24, 2.45) is 5.92 Å². The highest BCUT2D eigenvalue weighted by Gasteiger charge is 2.24. The number of likely N-dealkylation sites (N-methyl/N-ethyl adjacent to an activating group) is 1. The molecule has 0 saturated heterocycles. The lowest BCUT2D eigenvalue weighted by molar-refractivity contribution is -0.124. The lowest BCUT2D eigenvalue weighted by atomic mass is 10.0. The topological polar surface area (TPSA) is 20.3 Å². The van der Waals surface area contributed by atoms with E-state index >= 15 is 0 Å². The van der Waals surface area contributed by atoms with Gasteiger partial charge in [0.15, 0.2) is 0 Å². The van der Waals surface area contributed by atoms with Crippen molar-refractivity contribution < 1.29 is 4.79 Å². The molecule has 1 saturated carbocycles. The summed E-state index contributed by atoms with van der Waals surface area (Å²) < 4.78 is 0. The molecule has 0 heterocycles. The predicted molar refractivity (Wildman–Crippen MR) is 64.0 cm³/mol. The van der Waals surface area contributed by atoms with Gasteiger partial charge in [0.2, 0.25) is 0 Å². The molecule has 0 bridgehead atoms. The van der Waals surface area contributed by atoms with Gasteiger partial charge < -0.3 is 0 Å². The molecule has 1 aliphatic rings. The number of hydrogen-bond acceptors (Lipinski definition) is 2. The Balaban J connectivity index is 2.35. The molecule has 0 radical (unpaired) electrons. The molecular weight excluding hydrogens is 186 g/mol. The van der Waals surface area contributed by atoms with Crippen molar-refractivity contribution in [3.63, 3.8) is 0 Å². The van der Waals surface area contributed by atoms with E-state index in [2.05, 4.69) is 25.8 Å². The molecule has 0 N–H and O–H groups in total. The van der Waals surface area contributed by atoms with Crippen molar-refractivity contribution in [2.75, 3.05) is 13.6 Å². The van der Waals surface area contributed by atoms with Crippen LogP contribution in [0.15, 0.2) is 0 Å². The Morgan fingerprint density at radius 2 is 1.80 bits per heavy atom. The van der Waals surface area contributed by atoms with Gasteiger partial charge in [0.25, 0.3) is 0 Å². The largest absolute Gasteiger partial charge is 0.298 e. The van der Waals surface area contributed by atoms with Crippen LogP contribution in [0.1, 0.15) is 52.4 Å². The van der Waals surface area contributed by atoms with Gasteiger partial charge in [-0.2, -0.15) is 0 Å². The molecule has 0 atom stereocenters. The van der Waals surface area contributed by atoms with Crippen LogP contribution in [0.3, 0.4) is 0 Å². The summed E-state index contributed by atoms with van der Waals surface area (Å²) in [4.78, 5) is 14.2. The van der Waals surface area contributed by atoms with Crippen LogP contribution in [0, 0.1) is 5.92 Å². The second-order valence-electron chi connectivity index (χ2n) is 4.83. The third kappa shape index (κ3) is 3.60. The summed E-state index contributed by atoms with van der Waals surface area (Å²) in [5.41, 5.74) is 0. The molecule has 0 aromatic rings. The minimum atomic E-state index is 0.377. The molecule has 15 heavy (non-hydrogen) atoms. The van der Waals surface area contributed by atoms with Gasteiger partial charge >= 0.3 is 0 Å². The van der Waals surface area contributed by atoms with E-state index in [1.54, 1.807) is 0 Å². The molecule has 0 aliphatic heterocycles. The maximum atomic E-state index is 12.0. The highest BCUT2D eigenvalue weighted by atomic mass is 16.1. The van der Waals surface area contributed by atoms with Crippen LogP contribution in [0.5, 0.6) is 0 Å². The molecule has 1 fully saturated rings. The number of carbonyl (C=O) groups is 1. The van der Waals surface area contributed by atoms with Gasteiger partial charge in [0.05, 0.1) is 6.54 Å². The molecule has 0 aromatic carbocycles. The van der Waals surface area contributed by atoms with E-state index in [0.29, 0.717) is 24.3 Å². The molecule has 0 unspecified atom stereocenters. The van der Waals surface area contributed by atoms with E-state index in [0.717, 1.165) is 25.7 Å². The van der Waals surface area contributed by atoms with Crippen molar-refractivity contribution in [1.82, 2.24) is 4.90 Å². The van der Waals surface area contributed by atoms with Crippen LogP contribution in [-0.4, -0.2) is 30.3 Å². The molecule has 0 spiro atoms. The number of carbonyl (C=O) groups excluding carboxylic acids is 1. The van der Waals surface area contributed by atoms with Crippen LogP contribution in [0.4, 0.5) is 0 Å². The van der Waals surface area contributed by atoms with Crippen molar-refractivity contribution in [2.45, 2.75) is 58.4 Å². The monoisotopic (exact) mass is 211 g/mol. The lowest BCUT2D eigenvalue weighted by Gasteiger charge is -2.26. The zero-order valence-electron chi connectivity index (χ0n) is 10.5. The van der Waals surface area contributed by atoms with Gasteiger partial charge in [-0.25, -0.2) is 0 Å². The fraction of sp³-hybridized carbons (Fsp3) is 0.923. The van der Waals surface area contributed by atoms with E-state index in [4.69, 9.17) is 0 Å². The molecule has 0 amide bonds. The fourth-order valence-electron chi connectivity index (χ4n) is 2.66. The predicted octanol–water partition coefficient (Wildman–Crippen LogP) is 2.87. The minimum absolute atomic E-state index is 0.377. The minimum Gasteiger partial charge on any atom is -0.298 e. The Morgan fingerprint density at radius 3 is 2.27 bits per heavy atom. The first kappa shape index (κ1) is 12.7. The van der Waals surface area contributed by atoms with Crippen molar-refractivity contribution in [3.05, 3.63) is 0 Å². The van der Waals surface area contributed by atoms with Gasteiger partial charge in [0, 0.05) is 12.0 Å². The third-order valence-electron chi connectivity index (χ3n) is 3.78. The van der Waals surface area contributed by atoms with Gasteiger partial charge in [-0.1, -0.05) is 26.7 Å². The van der Waals surface area contributed by atoms with E-state index in [9.17, 15) is 4.79 Å². The summed E-state index contributed by atoms with van der Waals surface area (Å²) in [6.45, 7) is 5.06. The van der Waals surface area contributed by atoms with E-state index < -0.39 is 0 Å². The Morgan fingerprint density at radius 1 is 1.27 bits per heavy atom. The number of Topliss-reactive ketones (excluding diaryl/α,β-unsaturated/α-hetero) is 1. The van der Waals surface area contributed by atoms with Crippen LogP contribution < -0.4 is 0 Å². The van der Waals surface area contributed by atoms with E-state index in [-0.39, 0.29) is 0 Å². The van der Waals surface area contributed by atoms with Crippen molar-refractivity contribution in [3.8, 4) is 0 Å². The fourth-order valence-corrected chi connectivity index (χ4v) is 2.66. The first-order valence-electron chi connectivity index (χ1n) is 6.42. The molecular formula is C13H25NO. The van der Waals surface area contributed by atoms with Gasteiger partial charge in [0.1, 0.15) is 5.78 Å². The lowest BCUT2D eigenvalue weighted by Crippen LogP contribution is -2.36. The summed E-state index contributed by atoms with van der Waals surface area (Å²) >= 11 is 0. The van der Waals surface area contributed by atoms with Gasteiger partial charge in [-0.3, -0.25) is 9.69 Å². The SMILES string of the molecule is CCC(CC)N(C)CC(=O)C1CCCC1. The summed E-state index contributed by atoms with van der Waals surface area (Å²) in [6.07, 6.45) is 7.07. The van der Waals surface area contributed by atoms with E-state index in [1.165, 1.54) is 12.8 Å². The number of nitrogens with zero attached hydrogens (tertiary/aromatic N) is 1. The van der Waals surface area contributed by atoms with Crippen LogP contribution in [0.25, 0.3) is 0 Å². The first-order chi connectivity index (χ1) is 7.19. The summed E-state index contributed by atoms with van der Waals surface area (Å²) in [5.74, 6) is 0.851. The highest BCUT2D eigenvalue weighted by Crippen LogP contribution is 2.25. The average Bonchev–Trinajstić information content (AvgIpc) is 2.72. The highest BCUT2D eigenvalue weighted by molar-refractivity contribution is 5.83. The third-order valence-corrected chi connectivity index (χ3v) is 3.78. The normalized spacial score (nSPS) is 17.9. The molecule has 88 valence electrons. The number of hydrogen-bond donors (Lipinski definition) is 0. The quantitative estimate of drug-likeness (QED) is 0.673. The summed E-state index contributed by atoms with van der Waals surface area (Å²) in [7, 11) is 2.09. The number of ketones is 1. The van der Waals surface area contributed by atoms with Crippen molar-refractivity contribution >= 4 is 5.78 Å². The van der Waals surface area contributed by atoms with Crippen LogP contribution in [-0.2, 0) is 4.79 Å². The van der Waals surface area contributed by atoms with Crippen LogP contribution in [0.2, 0.25) is 0 Å². The van der Waals surface area contributed by atoms with Crippen LogP contribution >= 0.6 is 0 Å².